The third-order valence-electron chi connectivity index (χ3n) is 1.25. The summed E-state index contributed by atoms with van der Waals surface area (Å²) >= 11 is 5.83. The zero-order valence-electron chi connectivity index (χ0n) is 6.19. The molecule has 0 atom stereocenters. The molecule has 0 amide bonds. The van der Waals surface area contributed by atoms with Gasteiger partial charge in [-0.25, -0.2) is 5.43 Å². The highest BCUT2D eigenvalue weighted by Gasteiger charge is 1.97. The Labute approximate surface area is 70.5 Å². The van der Waals surface area contributed by atoms with Crippen LogP contribution in [0.25, 0.3) is 0 Å². The second-order valence-electron chi connectivity index (χ2n) is 2.11. The van der Waals surface area contributed by atoms with E-state index in [9.17, 15) is 0 Å². The van der Waals surface area contributed by atoms with E-state index in [1.54, 1.807) is 19.2 Å². The van der Waals surface area contributed by atoms with Gasteiger partial charge in [-0.1, -0.05) is 11.6 Å². The smallest absolute Gasteiger partial charge is 0.0675 e. The summed E-state index contributed by atoms with van der Waals surface area (Å²) in [4.78, 5) is 0. The van der Waals surface area contributed by atoms with Crippen molar-refractivity contribution in [3.63, 3.8) is 0 Å². The van der Waals surface area contributed by atoms with E-state index in [1.807, 2.05) is 6.07 Å². The monoisotopic (exact) mass is 171 g/mol. The van der Waals surface area contributed by atoms with Crippen LogP contribution in [0.1, 0.15) is 0 Å². The fourth-order valence-electron chi connectivity index (χ4n) is 0.767. The molecule has 0 aromatic heterocycles. The van der Waals surface area contributed by atoms with Crippen molar-refractivity contribution in [2.24, 2.45) is 0 Å². The molecule has 1 aromatic carbocycles. The molecular formula is C7H10ClN3. The van der Waals surface area contributed by atoms with E-state index in [0.717, 1.165) is 5.69 Å². The van der Waals surface area contributed by atoms with Crippen LogP contribution < -0.4 is 16.6 Å². The Bertz CT molecular complexity index is 249. The van der Waals surface area contributed by atoms with Crippen molar-refractivity contribution < 1.29 is 0 Å². The van der Waals surface area contributed by atoms with Crippen LogP contribution in [0.15, 0.2) is 18.2 Å². The van der Waals surface area contributed by atoms with Gasteiger partial charge >= 0.3 is 0 Å². The van der Waals surface area contributed by atoms with Crippen molar-refractivity contribution in [1.82, 2.24) is 5.43 Å². The molecule has 11 heavy (non-hydrogen) atoms. The van der Waals surface area contributed by atoms with Crippen molar-refractivity contribution in [3.05, 3.63) is 23.2 Å². The van der Waals surface area contributed by atoms with Crippen molar-refractivity contribution in [2.45, 2.75) is 0 Å². The standard InChI is InChI=1S/C7H10ClN3/c1-10-11-7-3-2-5(9)4-6(7)8/h2-4,10-11H,9H2,1H3. The first-order valence-corrected chi connectivity index (χ1v) is 3.59. The van der Waals surface area contributed by atoms with Gasteiger partial charge in [0.1, 0.15) is 0 Å². The van der Waals surface area contributed by atoms with E-state index in [4.69, 9.17) is 17.3 Å². The number of nitrogens with two attached hydrogens (primary N) is 1. The zero-order valence-corrected chi connectivity index (χ0v) is 6.94. The van der Waals surface area contributed by atoms with Gasteiger partial charge in [-0.05, 0) is 18.2 Å². The number of anilines is 2. The molecule has 0 radical (unpaired) electrons. The molecule has 0 unspecified atom stereocenters. The molecular weight excluding hydrogens is 162 g/mol. The third-order valence-corrected chi connectivity index (χ3v) is 1.57. The number of hydrogen-bond acceptors (Lipinski definition) is 3. The molecule has 4 N–H and O–H groups in total. The maximum absolute atomic E-state index is 5.83. The lowest BCUT2D eigenvalue weighted by atomic mass is 10.3. The van der Waals surface area contributed by atoms with Gasteiger partial charge < -0.3 is 11.2 Å². The highest BCUT2D eigenvalue weighted by atomic mass is 35.5. The molecule has 0 aliphatic carbocycles. The topological polar surface area (TPSA) is 50.1 Å². The molecule has 0 saturated carbocycles. The van der Waals surface area contributed by atoms with Gasteiger partial charge in [0.25, 0.3) is 0 Å². The Balaban J connectivity index is 2.90. The predicted molar refractivity (Wildman–Crippen MR) is 48.5 cm³/mol. The summed E-state index contributed by atoms with van der Waals surface area (Å²) in [5, 5.41) is 0.611. The summed E-state index contributed by atoms with van der Waals surface area (Å²) in [5.74, 6) is 0. The summed E-state index contributed by atoms with van der Waals surface area (Å²) in [5.41, 5.74) is 12.6. The lowest BCUT2D eigenvalue weighted by molar-refractivity contribution is 0.984. The minimum absolute atomic E-state index is 0.611. The van der Waals surface area contributed by atoms with Crippen LogP contribution in [-0.2, 0) is 0 Å². The fourth-order valence-corrected chi connectivity index (χ4v) is 1.00. The average molecular weight is 172 g/mol. The molecule has 3 nitrogen and oxygen atoms in total. The van der Waals surface area contributed by atoms with E-state index >= 15 is 0 Å². The Kier molecular flexibility index (Phi) is 2.57. The van der Waals surface area contributed by atoms with Crippen LogP contribution in [0.2, 0.25) is 5.02 Å². The van der Waals surface area contributed by atoms with Gasteiger partial charge in [-0.15, -0.1) is 0 Å². The van der Waals surface area contributed by atoms with E-state index < -0.39 is 0 Å². The number of nitrogen functional groups attached to an aromatic ring is 1. The van der Waals surface area contributed by atoms with Crippen LogP contribution >= 0.6 is 11.6 Å². The second kappa shape index (κ2) is 3.46. The number of benzene rings is 1. The van der Waals surface area contributed by atoms with Crippen LogP contribution in [-0.4, -0.2) is 7.05 Å². The lowest BCUT2D eigenvalue weighted by Crippen LogP contribution is -2.15. The highest BCUT2D eigenvalue weighted by Crippen LogP contribution is 2.22. The van der Waals surface area contributed by atoms with Gasteiger partial charge in [0.05, 0.1) is 10.7 Å². The van der Waals surface area contributed by atoms with Crippen LogP contribution in [0.4, 0.5) is 11.4 Å². The summed E-state index contributed by atoms with van der Waals surface area (Å²) in [6.45, 7) is 0. The molecule has 0 saturated heterocycles. The highest BCUT2D eigenvalue weighted by molar-refractivity contribution is 6.33. The van der Waals surface area contributed by atoms with E-state index in [2.05, 4.69) is 10.9 Å². The Hall–Kier alpha value is -0.930. The van der Waals surface area contributed by atoms with Crippen molar-refractivity contribution in [2.75, 3.05) is 18.2 Å². The average Bonchev–Trinajstić information content (AvgIpc) is 1.95. The number of hydrazine groups is 1. The number of halogens is 1. The third kappa shape index (κ3) is 2.00. The molecule has 0 heterocycles. The van der Waals surface area contributed by atoms with E-state index in [1.165, 1.54) is 0 Å². The largest absolute Gasteiger partial charge is 0.399 e. The lowest BCUT2D eigenvalue weighted by Gasteiger charge is -2.06. The maximum atomic E-state index is 5.83. The summed E-state index contributed by atoms with van der Waals surface area (Å²) in [6.07, 6.45) is 0. The predicted octanol–water partition coefficient (Wildman–Crippen LogP) is 1.47. The van der Waals surface area contributed by atoms with Crippen molar-refractivity contribution in [1.29, 1.82) is 0 Å². The second-order valence-corrected chi connectivity index (χ2v) is 2.52. The Morgan fingerprint density at radius 2 is 2.18 bits per heavy atom. The fraction of sp³-hybridized carbons (Fsp3) is 0.143. The first kappa shape index (κ1) is 8.17. The summed E-state index contributed by atoms with van der Waals surface area (Å²) in [6, 6.07) is 5.29. The zero-order chi connectivity index (χ0) is 8.27. The van der Waals surface area contributed by atoms with Gasteiger partial charge in [-0.3, -0.25) is 0 Å². The summed E-state index contributed by atoms with van der Waals surface area (Å²) < 4.78 is 0. The van der Waals surface area contributed by atoms with E-state index in [0.29, 0.717) is 10.7 Å². The van der Waals surface area contributed by atoms with Gasteiger partial charge in [0, 0.05) is 12.7 Å². The molecule has 1 rings (SSSR count). The maximum Gasteiger partial charge on any atom is 0.0675 e. The van der Waals surface area contributed by atoms with E-state index in [-0.39, 0.29) is 0 Å². The van der Waals surface area contributed by atoms with Crippen molar-refractivity contribution >= 4 is 23.0 Å². The first-order chi connectivity index (χ1) is 5.24. The minimum atomic E-state index is 0.611. The molecule has 0 bridgehead atoms. The molecule has 0 spiro atoms. The Morgan fingerprint density at radius 1 is 1.45 bits per heavy atom. The normalized spacial score (nSPS) is 9.64. The van der Waals surface area contributed by atoms with Gasteiger partial charge in [-0.2, -0.15) is 0 Å². The number of rotatable bonds is 2. The number of nitrogens with one attached hydrogen (secondary N) is 2. The van der Waals surface area contributed by atoms with Crippen LogP contribution in [0.5, 0.6) is 0 Å². The summed E-state index contributed by atoms with van der Waals surface area (Å²) in [7, 11) is 1.77. The SMILES string of the molecule is CNNc1ccc(N)cc1Cl. The van der Waals surface area contributed by atoms with Gasteiger partial charge in [0.2, 0.25) is 0 Å². The van der Waals surface area contributed by atoms with Crippen LogP contribution in [0.3, 0.4) is 0 Å². The first-order valence-electron chi connectivity index (χ1n) is 3.22. The number of hydrogen-bond donors (Lipinski definition) is 3. The molecule has 4 heteroatoms. The van der Waals surface area contributed by atoms with Crippen molar-refractivity contribution in [3.8, 4) is 0 Å². The van der Waals surface area contributed by atoms with Crippen LogP contribution in [0, 0.1) is 0 Å². The Morgan fingerprint density at radius 3 is 2.73 bits per heavy atom. The molecule has 60 valence electrons. The molecule has 1 aromatic rings. The quantitative estimate of drug-likeness (QED) is 0.467. The molecule has 0 aliphatic heterocycles. The van der Waals surface area contributed by atoms with Gasteiger partial charge in [0.15, 0.2) is 0 Å². The molecule has 0 fully saturated rings. The minimum Gasteiger partial charge on any atom is -0.399 e. The molecule has 0 aliphatic rings.